The van der Waals surface area contributed by atoms with E-state index in [-0.39, 0.29) is 18.2 Å². The molecule has 1 aromatic carbocycles. The lowest BCUT2D eigenvalue weighted by Crippen LogP contribution is -2.26. The minimum atomic E-state index is -1.52. The average molecular weight is 346 g/mol. The molecule has 25 heavy (non-hydrogen) atoms. The molecule has 0 saturated carbocycles. The minimum absolute atomic E-state index is 0.0161. The lowest BCUT2D eigenvalue weighted by Gasteiger charge is -2.16. The molecule has 0 aliphatic rings. The SMILES string of the molecule is CNCC(C)CC(C)/C=C(\N)CC(F)C(=N)n1nnc2ccccc21. The van der Waals surface area contributed by atoms with Gasteiger partial charge in [-0.25, -0.2) is 4.39 Å². The first kappa shape index (κ1) is 19.1. The number of halogens is 1. The van der Waals surface area contributed by atoms with Gasteiger partial charge in [0.05, 0.1) is 5.52 Å². The van der Waals surface area contributed by atoms with Crippen molar-refractivity contribution in [2.75, 3.05) is 13.6 Å². The molecule has 136 valence electrons. The summed E-state index contributed by atoms with van der Waals surface area (Å²) in [6.45, 7) is 5.18. The number of hydrogen-bond donors (Lipinski definition) is 3. The topological polar surface area (TPSA) is 92.6 Å². The van der Waals surface area contributed by atoms with Gasteiger partial charge in [-0.3, -0.25) is 5.41 Å². The zero-order chi connectivity index (χ0) is 18.4. The molecule has 7 heteroatoms. The number of nitrogens with two attached hydrogens (primary N) is 1. The highest BCUT2D eigenvalue weighted by molar-refractivity contribution is 5.92. The maximum Gasteiger partial charge on any atom is 0.164 e. The zero-order valence-electron chi connectivity index (χ0n) is 15.0. The van der Waals surface area contributed by atoms with Crippen LogP contribution in [0.2, 0.25) is 0 Å². The molecule has 2 rings (SSSR count). The van der Waals surface area contributed by atoms with Crippen LogP contribution in [0.25, 0.3) is 11.0 Å². The summed E-state index contributed by atoms with van der Waals surface area (Å²) in [7, 11) is 1.93. The van der Waals surface area contributed by atoms with E-state index in [2.05, 4.69) is 29.5 Å². The number of benzene rings is 1. The van der Waals surface area contributed by atoms with E-state index in [0.717, 1.165) is 13.0 Å². The van der Waals surface area contributed by atoms with Gasteiger partial charge in [-0.05, 0) is 44.0 Å². The molecule has 3 unspecified atom stereocenters. The van der Waals surface area contributed by atoms with E-state index in [9.17, 15) is 4.39 Å². The Morgan fingerprint density at radius 3 is 2.84 bits per heavy atom. The van der Waals surface area contributed by atoms with Gasteiger partial charge in [-0.15, -0.1) is 5.10 Å². The molecular weight excluding hydrogens is 319 g/mol. The van der Waals surface area contributed by atoms with Crippen LogP contribution in [-0.2, 0) is 0 Å². The first-order valence-corrected chi connectivity index (χ1v) is 8.56. The van der Waals surface area contributed by atoms with Gasteiger partial charge in [-0.2, -0.15) is 4.68 Å². The minimum Gasteiger partial charge on any atom is -0.402 e. The molecule has 0 saturated heterocycles. The number of rotatable bonds is 8. The van der Waals surface area contributed by atoms with Gasteiger partial charge in [0, 0.05) is 12.1 Å². The Morgan fingerprint density at radius 1 is 1.40 bits per heavy atom. The van der Waals surface area contributed by atoms with Crippen LogP contribution in [0.4, 0.5) is 4.39 Å². The Kier molecular flexibility index (Phi) is 6.64. The molecule has 1 aromatic heterocycles. The van der Waals surface area contributed by atoms with Gasteiger partial charge < -0.3 is 11.1 Å². The summed E-state index contributed by atoms with van der Waals surface area (Å²) < 4.78 is 15.8. The molecule has 0 fully saturated rings. The molecule has 0 aliphatic carbocycles. The fourth-order valence-corrected chi connectivity index (χ4v) is 3.05. The Hall–Kier alpha value is -2.28. The van der Waals surface area contributed by atoms with E-state index in [1.807, 2.05) is 25.3 Å². The number of allylic oxidation sites excluding steroid dienone is 2. The van der Waals surface area contributed by atoms with Gasteiger partial charge in [-0.1, -0.05) is 37.3 Å². The number of hydrogen-bond acceptors (Lipinski definition) is 5. The Morgan fingerprint density at radius 2 is 2.12 bits per heavy atom. The smallest absolute Gasteiger partial charge is 0.164 e. The highest BCUT2D eigenvalue weighted by Crippen LogP contribution is 2.17. The average Bonchev–Trinajstić information content (AvgIpc) is 2.97. The third kappa shape index (κ3) is 5.09. The summed E-state index contributed by atoms with van der Waals surface area (Å²) in [5, 5.41) is 19.1. The predicted molar refractivity (Wildman–Crippen MR) is 99.3 cm³/mol. The van der Waals surface area contributed by atoms with Gasteiger partial charge in [0.15, 0.2) is 12.0 Å². The van der Waals surface area contributed by atoms with Gasteiger partial charge in [0.1, 0.15) is 5.52 Å². The third-order valence-electron chi connectivity index (χ3n) is 4.12. The van der Waals surface area contributed by atoms with Crippen LogP contribution in [0.5, 0.6) is 0 Å². The molecule has 1 heterocycles. The summed E-state index contributed by atoms with van der Waals surface area (Å²) in [5.41, 5.74) is 7.71. The van der Waals surface area contributed by atoms with Gasteiger partial charge in [0.2, 0.25) is 0 Å². The number of fused-ring (bicyclic) bond motifs is 1. The fraction of sp³-hybridized carbons (Fsp3) is 0.500. The highest BCUT2D eigenvalue weighted by atomic mass is 19.1. The van der Waals surface area contributed by atoms with Crippen molar-refractivity contribution >= 4 is 16.9 Å². The first-order valence-electron chi connectivity index (χ1n) is 8.56. The van der Waals surface area contributed by atoms with E-state index in [4.69, 9.17) is 11.1 Å². The van der Waals surface area contributed by atoms with E-state index in [0.29, 0.717) is 22.6 Å². The largest absolute Gasteiger partial charge is 0.402 e. The molecule has 4 N–H and O–H groups in total. The van der Waals surface area contributed by atoms with Crippen LogP contribution in [-0.4, -0.2) is 40.6 Å². The summed E-state index contributed by atoms with van der Waals surface area (Å²) >= 11 is 0. The molecule has 6 nitrogen and oxygen atoms in total. The van der Waals surface area contributed by atoms with Gasteiger partial charge in [0.25, 0.3) is 0 Å². The summed E-state index contributed by atoms with van der Waals surface area (Å²) in [4.78, 5) is 0. The molecule has 0 amide bonds. The normalized spacial score (nSPS) is 15.9. The molecule has 0 spiro atoms. The van der Waals surface area contributed by atoms with Crippen molar-refractivity contribution in [2.24, 2.45) is 17.6 Å². The van der Waals surface area contributed by atoms with Crippen LogP contribution < -0.4 is 11.1 Å². The standard InChI is InChI=1S/C18H27FN6/c1-12(8-13(2)11-22-3)9-14(20)10-15(19)18(21)25-17-7-5-4-6-16(17)23-24-25/h4-7,9,12-13,15,21-22H,8,10-11,20H2,1-3H3/b14-9-,21-18?. The van der Waals surface area contributed by atoms with E-state index in [1.54, 1.807) is 12.1 Å². The molecule has 2 aromatic rings. The maximum absolute atomic E-state index is 14.5. The van der Waals surface area contributed by atoms with E-state index < -0.39 is 6.17 Å². The number of nitrogens with one attached hydrogen (secondary N) is 2. The van der Waals surface area contributed by atoms with Crippen molar-refractivity contribution in [2.45, 2.75) is 32.9 Å². The number of para-hydroxylation sites is 1. The lowest BCUT2D eigenvalue weighted by atomic mass is 9.95. The van der Waals surface area contributed by atoms with Crippen molar-refractivity contribution in [3.63, 3.8) is 0 Å². The maximum atomic E-state index is 14.5. The van der Waals surface area contributed by atoms with Crippen LogP contribution in [0.1, 0.15) is 26.7 Å². The number of alkyl halides is 1. The summed E-state index contributed by atoms with van der Waals surface area (Å²) in [6, 6.07) is 7.18. The summed E-state index contributed by atoms with van der Waals surface area (Å²) in [6.07, 6.45) is 1.33. The van der Waals surface area contributed by atoms with Crippen LogP contribution in [0.15, 0.2) is 36.0 Å². The molecule has 0 radical (unpaired) electrons. The Bertz CT molecular complexity index is 738. The monoisotopic (exact) mass is 346 g/mol. The molecule has 0 aliphatic heterocycles. The fourth-order valence-electron chi connectivity index (χ4n) is 3.05. The van der Waals surface area contributed by atoms with Crippen molar-refractivity contribution in [3.05, 3.63) is 36.0 Å². The van der Waals surface area contributed by atoms with Crippen LogP contribution in [0, 0.1) is 17.2 Å². The predicted octanol–water partition coefficient (Wildman–Crippen LogP) is 2.71. The Labute approximate surface area is 147 Å². The first-order chi connectivity index (χ1) is 11.9. The molecule has 3 atom stereocenters. The van der Waals surface area contributed by atoms with Crippen molar-refractivity contribution in [3.8, 4) is 0 Å². The lowest BCUT2D eigenvalue weighted by molar-refractivity contribution is 0.405. The van der Waals surface area contributed by atoms with Crippen LogP contribution >= 0.6 is 0 Å². The third-order valence-corrected chi connectivity index (χ3v) is 4.12. The van der Waals surface area contributed by atoms with Gasteiger partial charge >= 0.3 is 0 Å². The van der Waals surface area contributed by atoms with E-state index in [1.165, 1.54) is 4.68 Å². The number of aromatic nitrogens is 3. The second-order valence-corrected chi connectivity index (χ2v) is 6.66. The highest BCUT2D eigenvalue weighted by Gasteiger charge is 2.20. The number of nitrogens with zero attached hydrogens (tertiary/aromatic N) is 3. The van der Waals surface area contributed by atoms with Crippen molar-refractivity contribution in [1.29, 1.82) is 5.41 Å². The van der Waals surface area contributed by atoms with Crippen molar-refractivity contribution < 1.29 is 4.39 Å². The molecular formula is C18H27FN6. The zero-order valence-corrected chi connectivity index (χ0v) is 15.0. The Balaban J connectivity index is 1.99. The summed E-state index contributed by atoms with van der Waals surface area (Å²) in [5.74, 6) is 0.531. The second kappa shape index (κ2) is 8.71. The molecule has 0 bridgehead atoms. The quantitative estimate of drug-likeness (QED) is 0.506. The van der Waals surface area contributed by atoms with E-state index >= 15 is 0 Å². The van der Waals surface area contributed by atoms with Crippen LogP contribution in [0.3, 0.4) is 0 Å². The second-order valence-electron chi connectivity index (χ2n) is 6.66. The van der Waals surface area contributed by atoms with Crippen molar-refractivity contribution in [1.82, 2.24) is 20.3 Å².